The van der Waals surface area contributed by atoms with Crippen molar-refractivity contribution < 1.29 is 4.79 Å². The molecule has 1 amide bonds. The normalized spacial score (nSPS) is 19.9. The highest BCUT2D eigenvalue weighted by Crippen LogP contribution is 2.17. The average molecular weight is 318 g/mol. The van der Waals surface area contributed by atoms with Gasteiger partial charge in [0, 0.05) is 51.0 Å². The van der Waals surface area contributed by atoms with Gasteiger partial charge >= 0.3 is 0 Å². The van der Waals surface area contributed by atoms with Crippen LogP contribution in [0.15, 0.2) is 18.6 Å². The Balaban J connectivity index is 1.32. The molecule has 0 saturated carbocycles. The molecule has 0 atom stereocenters. The zero-order valence-electron chi connectivity index (χ0n) is 13.5. The van der Waals surface area contributed by atoms with Gasteiger partial charge in [0.05, 0.1) is 6.20 Å². The Kier molecular flexibility index (Phi) is 5.76. The van der Waals surface area contributed by atoms with Gasteiger partial charge in [0.2, 0.25) is 5.91 Å². The zero-order chi connectivity index (χ0) is 15.9. The lowest BCUT2D eigenvalue weighted by Gasteiger charge is -2.32. The Morgan fingerprint density at radius 2 is 2.04 bits per heavy atom. The highest BCUT2D eigenvalue weighted by molar-refractivity contribution is 5.76. The van der Waals surface area contributed by atoms with Gasteiger partial charge in [-0.3, -0.25) is 20.6 Å². The summed E-state index contributed by atoms with van der Waals surface area (Å²) in [5, 5.41) is 3.18. The lowest BCUT2D eigenvalue weighted by molar-refractivity contribution is -0.122. The molecule has 0 spiro atoms. The molecule has 3 rings (SSSR count). The van der Waals surface area contributed by atoms with Crippen molar-refractivity contribution in [3.8, 4) is 0 Å². The van der Waals surface area contributed by atoms with E-state index in [4.69, 9.17) is 0 Å². The van der Waals surface area contributed by atoms with Crippen molar-refractivity contribution in [3.63, 3.8) is 0 Å². The van der Waals surface area contributed by atoms with E-state index in [1.165, 1.54) is 0 Å². The van der Waals surface area contributed by atoms with E-state index in [9.17, 15) is 4.79 Å². The van der Waals surface area contributed by atoms with E-state index in [-0.39, 0.29) is 5.91 Å². The first-order valence-corrected chi connectivity index (χ1v) is 8.57. The van der Waals surface area contributed by atoms with Crippen LogP contribution in [0.1, 0.15) is 32.1 Å². The number of piperidine rings is 1. The summed E-state index contributed by atoms with van der Waals surface area (Å²) in [6.07, 6.45) is 9.87. The van der Waals surface area contributed by atoms with E-state index < -0.39 is 0 Å². The first-order valence-electron chi connectivity index (χ1n) is 8.57. The maximum absolute atomic E-state index is 12.1. The Hall–Kier alpha value is -1.73. The third kappa shape index (κ3) is 4.87. The highest BCUT2D eigenvalue weighted by atomic mass is 16.1. The van der Waals surface area contributed by atoms with Gasteiger partial charge < -0.3 is 10.2 Å². The van der Waals surface area contributed by atoms with Gasteiger partial charge in [-0.05, 0) is 31.6 Å². The Morgan fingerprint density at radius 1 is 1.26 bits per heavy atom. The van der Waals surface area contributed by atoms with Crippen molar-refractivity contribution in [1.82, 2.24) is 26.1 Å². The van der Waals surface area contributed by atoms with E-state index in [0.717, 1.165) is 57.7 Å². The molecule has 1 aromatic heterocycles. The molecule has 3 heterocycles. The van der Waals surface area contributed by atoms with Gasteiger partial charge in [0.25, 0.3) is 0 Å². The van der Waals surface area contributed by atoms with Gasteiger partial charge in [0.1, 0.15) is 5.82 Å². The molecule has 126 valence electrons. The van der Waals surface area contributed by atoms with Crippen LogP contribution in [0.3, 0.4) is 0 Å². The van der Waals surface area contributed by atoms with Crippen LogP contribution in [0.5, 0.6) is 0 Å². The first kappa shape index (κ1) is 16.1. The number of amides is 1. The molecule has 0 bridgehead atoms. The van der Waals surface area contributed by atoms with Gasteiger partial charge in [-0.15, -0.1) is 0 Å². The SMILES string of the molecule is O=C(CCCC1CNNC1)NC1CCN(c2cnccn2)CC1. The van der Waals surface area contributed by atoms with Crippen LogP contribution >= 0.6 is 0 Å². The van der Waals surface area contributed by atoms with E-state index in [2.05, 4.69) is 31.0 Å². The van der Waals surface area contributed by atoms with E-state index in [1.807, 2.05) is 0 Å². The van der Waals surface area contributed by atoms with E-state index >= 15 is 0 Å². The topological polar surface area (TPSA) is 82.2 Å². The molecule has 1 aromatic rings. The van der Waals surface area contributed by atoms with Gasteiger partial charge in [-0.1, -0.05) is 0 Å². The molecule has 2 fully saturated rings. The summed E-state index contributed by atoms with van der Waals surface area (Å²) in [5.74, 6) is 1.79. The number of carbonyl (C=O) groups is 1. The second kappa shape index (κ2) is 8.21. The molecule has 0 radical (unpaired) electrons. The number of aromatic nitrogens is 2. The number of carbonyl (C=O) groups excluding carboxylic acids is 1. The van der Waals surface area contributed by atoms with Crippen LogP contribution in [-0.2, 0) is 4.79 Å². The van der Waals surface area contributed by atoms with Crippen molar-refractivity contribution in [1.29, 1.82) is 0 Å². The van der Waals surface area contributed by atoms with E-state index in [0.29, 0.717) is 18.4 Å². The Labute approximate surface area is 137 Å². The summed E-state index contributed by atoms with van der Waals surface area (Å²) >= 11 is 0. The number of anilines is 1. The average Bonchev–Trinajstić information content (AvgIpc) is 3.10. The quantitative estimate of drug-likeness (QED) is 0.707. The lowest BCUT2D eigenvalue weighted by atomic mass is 10.0. The molecule has 7 heteroatoms. The van der Waals surface area contributed by atoms with Crippen LogP contribution in [0, 0.1) is 5.92 Å². The van der Waals surface area contributed by atoms with Crippen molar-refractivity contribution >= 4 is 11.7 Å². The summed E-state index contributed by atoms with van der Waals surface area (Å²) in [5.41, 5.74) is 6.26. The highest BCUT2D eigenvalue weighted by Gasteiger charge is 2.21. The Bertz CT molecular complexity index is 483. The number of hydrogen-bond acceptors (Lipinski definition) is 6. The molecule has 0 aliphatic carbocycles. The van der Waals surface area contributed by atoms with Gasteiger partial charge in [0.15, 0.2) is 0 Å². The second-order valence-electron chi connectivity index (χ2n) is 6.41. The third-order valence-corrected chi connectivity index (χ3v) is 4.66. The van der Waals surface area contributed by atoms with Crippen molar-refractivity contribution in [2.24, 2.45) is 5.92 Å². The molecule has 23 heavy (non-hydrogen) atoms. The Morgan fingerprint density at radius 3 is 2.74 bits per heavy atom. The predicted octanol–water partition coefficient (Wildman–Crippen LogP) is 0.456. The minimum Gasteiger partial charge on any atom is -0.355 e. The molecule has 0 aromatic carbocycles. The standard InChI is InChI=1S/C16H26N6O/c23-16(3-1-2-13-10-19-20-11-13)21-14-4-8-22(9-5-14)15-12-17-6-7-18-15/h6-7,12-14,19-20H,1-5,8-11H2,(H,21,23). The molecule has 3 N–H and O–H groups in total. The summed E-state index contributed by atoms with van der Waals surface area (Å²) in [6.45, 7) is 3.87. The zero-order valence-corrected chi connectivity index (χ0v) is 13.5. The van der Waals surface area contributed by atoms with Crippen LogP contribution in [0.25, 0.3) is 0 Å². The number of hydrogen-bond donors (Lipinski definition) is 3. The fraction of sp³-hybridized carbons (Fsp3) is 0.688. The van der Waals surface area contributed by atoms with Crippen molar-refractivity contribution in [2.45, 2.75) is 38.1 Å². The fourth-order valence-electron chi connectivity index (χ4n) is 3.27. The summed E-state index contributed by atoms with van der Waals surface area (Å²) in [4.78, 5) is 22.7. The van der Waals surface area contributed by atoms with Crippen LogP contribution < -0.4 is 21.1 Å². The van der Waals surface area contributed by atoms with Crippen molar-refractivity contribution in [3.05, 3.63) is 18.6 Å². The fourth-order valence-corrected chi connectivity index (χ4v) is 3.27. The number of nitrogens with one attached hydrogen (secondary N) is 3. The third-order valence-electron chi connectivity index (χ3n) is 4.66. The summed E-state index contributed by atoms with van der Waals surface area (Å²) < 4.78 is 0. The number of nitrogens with zero attached hydrogens (tertiary/aromatic N) is 3. The van der Waals surface area contributed by atoms with Crippen LogP contribution in [-0.4, -0.2) is 48.1 Å². The minimum atomic E-state index is 0.196. The first-order chi connectivity index (χ1) is 11.3. The van der Waals surface area contributed by atoms with Crippen LogP contribution in [0.4, 0.5) is 5.82 Å². The molecule has 2 saturated heterocycles. The number of hydrazine groups is 1. The largest absolute Gasteiger partial charge is 0.355 e. The van der Waals surface area contributed by atoms with Gasteiger partial charge in [-0.2, -0.15) is 0 Å². The molecular formula is C16H26N6O. The molecule has 7 nitrogen and oxygen atoms in total. The van der Waals surface area contributed by atoms with Gasteiger partial charge in [-0.25, -0.2) is 4.98 Å². The summed E-state index contributed by atoms with van der Waals surface area (Å²) in [6, 6.07) is 0.297. The maximum Gasteiger partial charge on any atom is 0.220 e. The maximum atomic E-state index is 12.1. The second-order valence-corrected chi connectivity index (χ2v) is 6.41. The summed E-state index contributed by atoms with van der Waals surface area (Å²) in [7, 11) is 0. The van der Waals surface area contributed by atoms with Crippen molar-refractivity contribution in [2.75, 3.05) is 31.1 Å². The molecular weight excluding hydrogens is 292 g/mol. The molecule has 2 aliphatic rings. The lowest BCUT2D eigenvalue weighted by Crippen LogP contribution is -2.44. The number of rotatable bonds is 6. The minimum absolute atomic E-state index is 0.196. The monoisotopic (exact) mass is 318 g/mol. The molecule has 0 unspecified atom stereocenters. The van der Waals surface area contributed by atoms with Crippen LogP contribution in [0.2, 0.25) is 0 Å². The molecule has 2 aliphatic heterocycles. The predicted molar refractivity (Wildman–Crippen MR) is 88.8 cm³/mol. The smallest absolute Gasteiger partial charge is 0.220 e. The van der Waals surface area contributed by atoms with E-state index in [1.54, 1.807) is 18.6 Å².